The molecule has 1 heterocycles. The van der Waals surface area contributed by atoms with Gasteiger partial charge in [-0.1, -0.05) is 30.4 Å². The average Bonchev–Trinajstić information content (AvgIpc) is 3.06. The lowest BCUT2D eigenvalue weighted by Gasteiger charge is -2.16. The van der Waals surface area contributed by atoms with Crippen LogP contribution in [-0.4, -0.2) is 28.4 Å². The van der Waals surface area contributed by atoms with Crippen LogP contribution in [0.2, 0.25) is 0 Å². The summed E-state index contributed by atoms with van der Waals surface area (Å²) in [5.74, 6) is 5.21. The summed E-state index contributed by atoms with van der Waals surface area (Å²) in [6, 6.07) is 7.44. The molecule has 0 radical (unpaired) electrons. The van der Waals surface area contributed by atoms with Crippen molar-refractivity contribution < 1.29 is 14.7 Å². The van der Waals surface area contributed by atoms with Crippen LogP contribution in [0.1, 0.15) is 30.4 Å². The third-order valence-corrected chi connectivity index (χ3v) is 4.26. The van der Waals surface area contributed by atoms with Gasteiger partial charge in [0.15, 0.2) is 0 Å². The number of rotatable bonds is 2. The van der Waals surface area contributed by atoms with Gasteiger partial charge < -0.3 is 5.11 Å². The molecule has 2 fully saturated rings. The Morgan fingerprint density at radius 2 is 1.90 bits per heavy atom. The summed E-state index contributed by atoms with van der Waals surface area (Å²) in [7, 11) is 0. The molecule has 0 spiro atoms. The first-order valence-corrected chi connectivity index (χ1v) is 7.24. The first-order valence-electron chi connectivity index (χ1n) is 7.24. The van der Waals surface area contributed by atoms with Crippen molar-refractivity contribution in [1.29, 1.82) is 0 Å². The number of imide groups is 1. The summed E-state index contributed by atoms with van der Waals surface area (Å²) < 4.78 is 0. The van der Waals surface area contributed by atoms with E-state index in [1.807, 2.05) is 24.3 Å². The van der Waals surface area contributed by atoms with E-state index in [1.165, 1.54) is 4.90 Å². The molecule has 0 aromatic heterocycles. The molecular formula is C17H17NO3. The van der Waals surface area contributed by atoms with E-state index in [2.05, 4.69) is 11.8 Å². The van der Waals surface area contributed by atoms with E-state index >= 15 is 0 Å². The third-order valence-electron chi connectivity index (χ3n) is 4.26. The predicted molar refractivity (Wildman–Crippen MR) is 76.8 cm³/mol. The van der Waals surface area contributed by atoms with E-state index in [-0.39, 0.29) is 30.3 Å². The molecule has 1 aliphatic carbocycles. The van der Waals surface area contributed by atoms with Crippen LogP contribution in [0, 0.1) is 23.7 Å². The molecule has 2 amide bonds. The molecule has 1 aliphatic heterocycles. The monoisotopic (exact) mass is 283 g/mol. The minimum atomic E-state index is -0.184. The van der Waals surface area contributed by atoms with Gasteiger partial charge in [0.2, 0.25) is 11.8 Å². The molecule has 4 heteroatoms. The highest BCUT2D eigenvalue weighted by atomic mass is 16.2. The lowest BCUT2D eigenvalue weighted by Crippen LogP contribution is -2.31. The van der Waals surface area contributed by atoms with Crippen molar-refractivity contribution in [3.8, 4) is 11.8 Å². The van der Waals surface area contributed by atoms with Crippen molar-refractivity contribution in [2.75, 3.05) is 6.61 Å². The van der Waals surface area contributed by atoms with Gasteiger partial charge in [-0.2, -0.15) is 0 Å². The fourth-order valence-electron chi connectivity index (χ4n) is 3.29. The topological polar surface area (TPSA) is 57.6 Å². The predicted octanol–water partition coefficient (Wildman–Crippen LogP) is 1.32. The number of amides is 2. The summed E-state index contributed by atoms with van der Waals surface area (Å²) >= 11 is 0. The number of benzene rings is 1. The van der Waals surface area contributed by atoms with Gasteiger partial charge in [-0.05, 0) is 30.5 Å². The van der Waals surface area contributed by atoms with Crippen molar-refractivity contribution in [2.45, 2.75) is 25.8 Å². The molecule has 2 atom stereocenters. The van der Waals surface area contributed by atoms with Gasteiger partial charge in [0.25, 0.3) is 0 Å². The number of carbonyl (C=O) groups is 2. The number of nitrogens with zero attached hydrogens (tertiary/aromatic N) is 1. The summed E-state index contributed by atoms with van der Waals surface area (Å²) in [5, 5.41) is 8.72. The van der Waals surface area contributed by atoms with Crippen LogP contribution in [0.15, 0.2) is 24.3 Å². The minimum absolute atomic E-state index is 0.0191. The van der Waals surface area contributed by atoms with Crippen LogP contribution in [0.4, 0.5) is 0 Å². The number of likely N-dealkylation sites (tertiary alicyclic amines) is 1. The number of aliphatic hydroxyl groups is 1. The molecule has 0 bridgehead atoms. The molecule has 108 valence electrons. The van der Waals surface area contributed by atoms with Crippen LogP contribution < -0.4 is 0 Å². The highest BCUT2D eigenvalue weighted by molar-refractivity contribution is 6.05. The zero-order valence-electron chi connectivity index (χ0n) is 11.7. The van der Waals surface area contributed by atoms with E-state index in [1.54, 1.807) is 0 Å². The second-order valence-electron chi connectivity index (χ2n) is 5.57. The second-order valence-corrected chi connectivity index (χ2v) is 5.57. The summed E-state index contributed by atoms with van der Waals surface area (Å²) in [6.45, 7) is 0.135. The normalized spacial score (nSPS) is 24.0. The number of fused-ring (bicyclic) bond motifs is 1. The number of hydrogen-bond donors (Lipinski definition) is 1. The molecule has 1 saturated carbocycles. The van der Waals surface area contributed by atoms with Crippen LogP contribution >= 0.6 is 0 Å². The van der Waals surface area contributed by atoms with Gasteiger partial charge in [0.05, 0.1) is 18.4 Å². The Balaban J connectivity index is 1.78. The van der Waals surface area contributed by atoms with Gasteiger partial charge >= 0.3 is 0 Å². The smallest absolute Gasteiger partial charge is 0.233 e. The van der Waals surface area contributed by atoms with E-state index in [4.69, 9.17) is 5.11 Å². The zero-order valence-corrected chi connectivity index (χ0v) is 11.7. The Morgan fingerprint density at radius 3 is 2.57 bits per heavy atom. The molecule has 1 aromatic rings. The summed E-state index contributed by atoms with van der Waals surface area (Å²) in [6.07, 6.45) is 2.66. The molecule has 2 unspecified atom stereocenters. The Kier molecular flexibility index (Phi) is 3.76. The molecular weight excluding hydrogens is 266 g/mol. The third kappa shape index (κ3) is 2.57. The van der Waals surface area contributed by atoms with Crippen molar-refractivity contribution >= 4 is 11.8 Å². The number of hydrogen-bond acceptors (Lipinski definition) is 3. The van der Waals surface area contributed by atoms with Gasteiger partial charge in [0.1, 0.15) is 6.61 Å². The maximum Gasteiger partial charge on any atom is 0.233 e. The lowest BCUT2D eigenvalue weighted by molar-refractivity contribution is -0.141. The number of aliphatic hydroxyl groups excluding tert-OH is 1. The van der Waals surface area contributed by atoms with Gasteiger partial charge in [0, 0.05) is 5.56 Å². The highest BCUT2D eigenvalue weighted by Crippen LogP contribution is 2.40. The Bertz CT molecular complexity index is 619. The first kappa shape index (κ1) is 13.8. The van der Waals surface area contributed by atoms with Gasteiger partial charge in [-0.3, -0.25) is 14.5 Å². The van der Waals surface area contributed by atoms with E-state index in [9.17, 15) is 9.59 Å². The van der Waals surface area contributed by atoms with E-state index in [0.29, 0.717) is 6.54 Å². The van der Waals surface area contributed by atoms with Crippen molar-refractivity contribution in [2.24, 2.45) is 11.8 Å². The van der Waals surface area contributed by atoms with E-state index < -0.39 is 0 Å². The van der Waals surface area contributed by atoms with Crippen LogP contribution in [0.25, 0.3) is 0 Å². The highest BCUT2D eigenvalue weighted by Gasteiger charge is 2.49. The van der Waals surface area contributed by atoms with Gasteiger partial charge in [-0.25, -0.2) is 0 Å². The first-order chi connectivity index (χ1) is 10.2. The summed E-state index contributed by atoms with van der Waals surface area (Å²) in [4.78, 5) is 26.0. The fraction of sp³-hybridized carbons (Fsp3) is 0.412. The van der Waals surface area contributed by atoms with E-state index in [0.717, 1.165) is 30.4 Å². The quantitative estimate of drug-likeness (QED) is 0.658. The average molecular weight is 283 g/mol. The molecule has 1 aromatic carbocycles. The molecule has 1 N–H and O–H groups in total. The standard InChI is InChI=1S/C17H17NO3/c19-9-3-6-12-4-1-5-13(10-12)11-18-16(20)14-7-2-8-15(14)17(18)21/h1,4-5,10,14-15,19H,2,7-9,11H2. The second kappa shape index (κ2) is 5.71. The summed E-state index contributed by atoms with van der Waals surface area (Å²) in [5.41, 5.74) is 1.67. The Morgan fingerprint density at radius 1 is 1.19 bits per heavy atom. The fourth-order valence-corrected chi connectivity index (χ4v) is 3.29. The molecule has 3 rings (SSSR count). The van der Waals surface area contributed by atoms with Crippen molar-refractivity contribution in [1.82, 2.24) is 4.90 Å². The van der Waals surface area contributed by atoms with Crippen LogP contribution in [0.3, 0.4) is 0 Å². The lowest BCUT2D eigenvalue weighted by atomic mass is 10.00. The SMILES string of the molecule is O=C1C2CCCC2C(=O)N1Cc1cccc(C#CCO)c1. The maximum absolute atomic E-state index is 12.3. The Hall–Kier alpha value is -2.12. The van der Waals surface area contributed by atoms with Crippen LogP contribution in [-0.2, 0) is 16.1 Å². The van der Waals surface area contributed by atoms with Gasteiger partial charge in [-0.15, -0.1) is 0 Å². The maximum atomic E-state index is 12.3. The van der Waals surface area contributed by atoms with Crippen molar-refractivity contribution in [3.63, 3.8) is 0 Å². The molecule has 4 nitrogen and oxygen atoms in total. The largest absolute Gasteiger partial charge is 0.384 e. The zero-order chi connectivity index (χ0) is 14.8. The molecule has 21 heavy (non-hydrogen) atoms. The Labute approximate surface area is 123 Å². The minimum Gasteiger partial charge on any atom is -0.384 e. The molecule has 1 saturated heterocycles. The van der Waals surface area contributed by atoms with Crippen molar-refractivity contribution in [3.05, 3.63) is 35.4 Å². The number of carbonyl (C=O) groups excluding carboxylic acids is 2. The van der Waals surface area contributed by atoms with Crippen LogP contribution in [0.5, 0.6) is 0 Å². The molecule has 2 aliphatic rings.